The molecule has 0 unspecified atom stereocenters. The molecule has 1 aromatic rings. The van der Waals surface area contributed by atoms with E-state index in [-0.39, 0.29) is 32.7 Å². The molecule has 1 aromatic carbocycles. The number of nitro benzene ring substituents is 1. The summed E-state index contributed by atoms with van der Waals surface area (Å²) in [6.45, 7) is 0. The van der Waals surface area contributed by atoms with Crippen LogP contribution in [0.4, 0.5) is 11.4 Å². The quantitative estimate of drug-likeness (QED) is 0.681. The number of benzene rings is 1. The van der Waals surface area contributed by atoms with Crippen molar-refractivity contribution < 1.29 is 14.8 Å². The molecule has 1 fully saturated rings. The zero-order valence-corrected chi connectivity index (χ0v) is 12.1. The third kappa shape index (κ3) is 3.16. The van der Waals surface area contributed by atoms with Crippen LogP contribution in [0.3, 0.4) is 0 Å². The third-order valence-corrected chi connectivity index (χ3v) is 5.35. The summed E-state index contributed by atoms with van der Waals surface area (Å²) in [6.07, 6.45) is 3.22. The topological polar surface area (TPSA) is 92.8 Å². The maximum absolute atomic E-state index is 11.1. The summed E-state index contributed by atoms with van der Waals surface area (Å²) in [5.41, 5.74) is -0.392. The van der Waals surface area contributed by atoms with Crippen LogP contribution in [0.2, 0.25) is 5.02 Å². The van der Waals surface area contributed by atoms with Crippen LogP contribution in [0.15, 0.2) is 16.5 Å². The lowest BCUT2D eigenvalue weighted by Gasteiger charge is -2.14. The molecule has 1 N–H and O–H groups in total. The van der Waals surface area contributed by atoms with Gasteiger partial charge in [-0.3, -0.25) is 10.1 Å². The van der Waals surface area contributed by atoms with Crippen molar-refractivity contribution in [2.24, 2.45) is 4.36 Å². The molecule has 8 heteroatoms. The number of aromatic carboxylic acids is 1. The molecular weight excluding hydrogens is 304 g/mol. The Morgan fingerprint density at radius 3 is 2.55 bits per heavy atom. The van der Waals surface area contributed by atoms with Gasteiger partial charge in [0.05, 0.1) is 15.5 Å². The van der Waals surface area contributed by atoms with Gasteiger partial charge in [-0.1, -0.05) is 28.7 Å². The molecule has 0 atom stereocenters. The van der Waals surface area contributed by atoms with Gasteiger partial charge in [-0.2, -0.15) is 0 Å². The minimum absolute atomic E-state index is 0.00167. The Bertz CT molecular complexity index is 595. The molecule has 0 bridgehead atoms. The summed E-state index contributed by atoms with van der Waals surface area (Å²) in [5.74, 6) is 0.545. The van der Waals surface area contributed by atoms with Crippen molar-refractivity contribution in [3.05, 3.63) is 32.8 Å². The third-order valence-electron chi connectivity index (χ3n) is 3.00. The average Bonchev–Trinajstić information content (AvgIpc) is 2.41. The Balaban J connectivity index is 2.54. The largest absolute Gasteiger partial charge is 0.478 e. The SMILES string of the molecule is O=C(O)c1ccc([N+](=O)[O-])c(N=S2CCCCC2)c1Cl. The molecular formula is C12H13ClN2O4S. The van der Waals surface area contributed by atoms with E-state index in [0.717, 1.165) is 42.9 Å². The number of carboxylic acids is 1. The number of halogens is 1. The molecule has 1 aliphatic heterocycles. The first-order valence-electron chi connectivity index (χ1n) is 6.10. The van der Waals surface area contributed by atoms with Crippen LogP contribution in [-0.4, -0.2) is 27.5 Å². The van der Waals surface area contributed by atoms with E-state index in [4.69, 9.17) is 16.7 Å². The van der Waals surface area contributed by atoms with Crippen molar-refractivity contribution in [2.75, 3.05) is 11.5 Å². The van der Waals surface area contributed by atoms with E-state index in [1.54, 1.807) is 0 Å². The fourth-order valence-electron chi connectivity index (χ4n) is 1.99. The minimum atomic E-state index is -1.21. The van der Waals surface area contributed by atoms with Crippen molar-refractivity contribution in [1.82, 2.24) is 0 Å². The monoisotopic (exact) mass is 316 g/mol. The van der Waals surface area contributed by atoms with E-state index in [1.165, 1.54) is 0 Å². The van der Waals surface area contributed by atoms with Gasteiger partial charge in [0.2, 0.25) is 0 Å². The molecule has 1 heterocycles. The molecule has 0 saturated carbocycles. The normalized spacial score (nSPS) is 15.8. The summed E-state index contributed by atoms with van der Waals surface area (Å²) in [4.78, 5) is 21.5. The predicted octanol–water partition coefficient (Wildman–Crippen LogP) is 3.56. The number of hydrogen-bond donors (Lipinski definition) is 1. The zero-order chi connectivity index (χ0) is 14.7. The Morgan fingerprint density at radius 2 is 2.00 bits per heavy atom. The highest BCUT2D eigenvalue weighted by Gasteiger charge is 2.23. The molecule has 108 valence electrons. The maximum Gasteiger partial charge on any atom is 0.337 e. The lowest BCUT2D eigenvalue weighted by Crippen LogP contribution is -2.09. The fourth-order valence-corrected chi connectivity index (χ4v) is 4.23. The van der Waals surface area contributed by atoms with Gasteiger partial charge in [-0.15, -0.1) is 0 Å². The van der Waals surface area contributed by atoms with Gasteiger partial charge in [0.1, 0.15) is 0 Å². The van der Waals surface area contributed by atoms with Gasteiger partial charge >= 0.3 is 5.97 Å². The van der Waals surface area contributed by atoms with Crippen molar-refractivity contribution in [3.63, 3.8) is 0 Å². The molecule has 6 nitrogen and oxygen atoms in total. The second kappa shape index (κ2) is 6.32. The summed E-state index contributed by atoms with van der Waals surface area (Å²) in [5, 5.41) is 19.9. The van der Waals surface area contributed by atoms with E-state index < -0.39 is 10.9 Å². The Labute approximate surface area is 123 Å². The smallest absolute Gasteiger partial charge is 0.337 e. The summed E-state index contributed by atoms with van der Waals surface area (Å²) in [7, 11) is -0.311. The first-order chi connectivity index (χ1) is 9.50. The standard InChI is InChI=1S/C12H13ClN2O4S/c13-10-8(12(16)17)4-5-9(15(18)19)11(10)14-20-6-2-1-3-7-20/h4-5H,1-3,6-7H2,(H,16,17). The van der Waals surface area contributed by atoms with E-state index >= 15 is 0 Å². The highest BCUT2D eigenvalue weighted by atomic mass is 35.5. The number of hydrogen-bond acceptors (Lipinski definition) is 4. The molecule has 0 spiro atoms. The van der Waals surface area contributed by atoms with Crippen LogP contribution in [-0.2, 0) is 10.7 Å². The molecule has 1 saturated heterocycles. The second-order valence-corrected chi connectivity index (χ2v) is 6.68. The van der Waals surface area contributed by atoms with Gasteiger partial charge < -0.3 is 5.11 Å². The van der Waals surface area contributed by atoms with Crippen LogP contribution in [0.5, 0.6) is 0 Å². The van der Waals surface area contributed by atoms with Crippen LogP contribution in [0.25, 0.3) is 0 Å². The number of nitro groups is 1. The van der Waals surface area contributed by atoms with Gasteiger partial charge in [-0.25, -0.2) is 9.16 Å². The van der Waals surface area contributed by atoms with Crippen LogP contribution in [0.1, 0.15) is 29.6 Å². The van der Waals surface area contributed by atoms with E-state index in [9.17, 15) is 14.9 Å². The zero-order valence-electron chi connectivity index (χ0n) is 10.5. The van der Waals surface area contributed by atoms with Crippen LogP contribution in [0, 0.1) is 10.1 Å². The number of carboxylic acid groups (broad SMARTS) is 1. The highest BCUT2D eigenvalue weighted by Crippen LogP contribution is 2.38. The Hall–Kier alpha value is -1.47. The van der Waals surface area contributed by atoms with Crippen LogP contribution >= 0.6 is 11.6 Å². The second-order valence-electron chi connectivity index (χ2n) is 4.38. The number of nitrogens with zero attached hydrogens (tertiary/aromatic N) is 2. The van der Waals surface area contributed by atoms with Gasteiger partial charge in [-0.05, 0) is 18.9 Å². The lowest BCUT2D eigenvalue weighted by atomic mass is 10.2. The van der Waals surface area contributed by atoms with Crippen molar-refractivity contribution >= 4 is 39.6 Å². The molecule has 0 aliphatic carbocycles. The van der Waals surface area contributed by atoms with Gasteiger partial charge in [0.15, 0.2) is 5.69 Å². The first kappa shape index (κ1) is 14.9. The maximum atomic E-state index is 11.1. The van der Waals surface area contributed by atoms with E-state index in [0.29, 0.717) is 0 Å². The Kier molecular flexibility index (Phi) is 4.72. The number of carbonyl (C=O) groups is 1. The van der Waals surface area contributed by atoms with E-state index in [1.807, 2.05) is 0 Å². The fraction of sp³-hybridized carbons (Fsp3) is 0.417. The minimum Gasteiger partial charge on any atom is -0.478 e. The number of rotatable bonds is 3. The molecule has 1 aliphatic rings. The molecule has 0 radical (unpaired) electrons. The van der Waals surface area contributed by atoms with Crippen molar-refractivity contribution in [3.8, 4) is 0 Å². The predicted molar refractivity (Wildman–Crippen MR) is 78.1 cm³/mol. The van der Waals surface area contributed by atoms with Crippen LogP contribution < -0.4 is 0 Å². The molecule has 20 heavy (non-hydrogen) atoms. The van der Waals surface area contributed by atoms with Gasteiger partial charge in [0.25, 0.3) is 5.69 Å². The molecule has 0 amide bonds. The molecule has 2 rings (SSSR count). The summed E-state index contributed by atoms with van der Waals surface area (Å²) in [6, 6.07) is 2.30. The van der Waals surface area contributed by atoms with Crippen molar-refractivity contribution in [2.45, 2.75) is 19.3 Å². The summed E-state index contributed by atoms with van der Waals surface area (Å²) >= 11 is 6.00. The van der Waals surface area contributed by atoms with E-state index in [2.05, 4.69) is 4.36 Å². The average molecular weight is 317 g/mol. The van der Waals surface area contributed by atoms with Gasteiger partial charge in [0, 0.05) is 17.6 Å². The first-order valence-corrected chi connectivity index (χ1v) is 8.00. The Morgan fingerprint density at radius 1 is 1.35 bits per heavy atom. The highest BCUT2D eigenvalue weighted by molar-refractivity contribution is 7.87. The summed E-state index contributed by atoms with van der Waals surface area (Å²) < 4.78 is 4.37. The molecule has 0 aromatic heterocycles. The van der Waals surface area contributed by atoms with Crippen molar-refractivity contribution in [1.29, 1.82) is 0 Å². The lowest BCUT2D eigenvalue weighted by molar-refractivity contribution is -0.384.